The molecule has 0 saturated carbocycles. The van der Waals surface area contributed by atoms with Gasteiger partial charge in [-0.2, -0.15) is 0 Å². The van der Waals surface area contributed by atoms with E-state index >= 15 is 0 Å². The molecular formula is C12H8ClNO2. The molecule has 0 unspecified atom stereocenters. The molecule has 0 bridgehead atoms. The van der Waals surface area contributed by atoms with E-state index < -0.39 is 0 Å². The Kier molecular flexibility index (Phi) is 3.17. The third-order valence-corrected chi connectivity index (χ3v) is 2.18. The molecule has 16 heavy (non-hydrogen) atoms. The Balaban J connectivity index is 2.14. The van der Waals surface area contributed by atoms with Gasteiger partial charge in [-0.15, -0.1) is 0 Å². The van der Waals surface area contributed by atoms with Gasteiger partial charge in [-0.3, -0.25) is 4.79 Å². The largest absolute Gasteiger partial charge is 0.456 e. The summed E-state index contributed by atoms with van der Waals surface area (Å²) in [6, 6.07) is 10.3. The van der Waals surface area contributed by atoms with E-state index in [1.807, 2.05) is 0 Å². The highest BCUT2D eigenvalue weighted by Crippen LogP contribution is 2.22. The molecule has 0 saturated heterocycles. The van der Waals surface area contributed by atoms with Gasteiger partial charge in [0.25, 0.3) is 0 Å². The van der Waals surface area contributed by atoms with Crippen LogP contribution < -0.4 is 4.74 Å². The summed E-state index contributed by atoms with van der Waals surface area (Å²) in [6.45, 7) is 0. The lowest BCUT2D eigenvalue weighted by Gasteiger charge is -2.04. The Morgan fingerprint density at radius 3 is 2.31 bits per heavy atom. The Hall–Kier alpha value is -1.87. The molecule has 0 amide bonds. The molecule has 1 aromatic heterocycles. The average Bonchev–Trinajstić information content (AvgIpc) is 2.33. The highest BCUT2D eigenvalue weighted by molar-refractivity contribution is 6.30. The summed E-state index contributed by atoms with van der Waals surface area (Å²) in [4.78, 5) is 14.3. The number of ether oxygens (including phenoxy) is 1. The smallest absolute Gasteiger partial charge is 0.168 e. The Labute approximate surface area is 97.7 Å². The van der Waals surface area contributed by atoms with Crippen molar-refractivity contribution in [2.24, 2.45) is 0 Å². The van der Waals surface area contributed by atoms with Crippen LogP contribution in [0, 0.1) is 0 Å². The van der Waals surface area contributed by atoms with Gasteiger partial charge in [0, 0.05) is 5.02 Å². The molecule has 1 heterocycles. The summed E-state index contributed by atoms with van der Waals surface area (Å²) < 4.78 is 5.50. The molecule has 0 atom stereocenters. The summed E-state index contributed by atoms with van der Waals surface area (Å²) in [5.41, 5.74) is 0.378. The Bertz CT molecular complexity index is 479. The molecule has 0 spiro atoms. The Morgan fingerprint density at radius 1 is 1.06 bits per heavy atom. The maximum absolute atomic E-state index is 10.4. The first-order chi connectivity index (χ1) is 7.78. The van der Waals surface area contributed by atoms with Crippen molar-refractivity contribution < 1.29 is 9.53 Å². The van der Waals surface area contributed by atoms with E-state index in [2.05, 4.69) is 4.98 Å². The van der Waals surface area contributed by atoms with E-state index in [1.165, 1.54) is 6.20 Å². The SMILES string of the molecule is O=Cc1ccc(Oc2ccc(Cl)cc2)cn1. The third-order valence-electron chi connectivity index (χ3n) is 1.93. The first-order valence-electron chi connectivity index (χ1n) is 4.62. The number of hydrogen-bond acceptors (Lipinski definition) is 3. The second-order valence-electron chi connectivity index (χ2n) is 3.09. The van der Waals surface area contributed by atoms with Crippen molar-refractivity contribution >= 4 is 17.9 Å². The number of benzene rings is 1. The van der Waals surface area contributed by atoms with Gasteiger partial charge < -0.3 is 4.74 Å². The number of pyridine rings is 1. The number of carbonyl (C=O) groups is 1. The summed E-state index contributed by atoms with van der Waals surface area (Å²) in [6.07, 6.45) is 2.18. The van der Waals surface area contributed by atoms with Crippen LogP contribution in [0.5, 0.6) is 11.5 Å². The predicted molar refractivity (Wildman–Crippen MR) is 61.2 cm³/mol. The lowest BCUT2D eigenvalue weighted by molar-refractivity contribution is 0.111. The van der Waals surface area contributed by atoms with Gasteiger partial charge in [0.15, 0.2) is 6.29 Å². The van der Waals surface area contributed by atoms with Gasteiger partial charge >= 0.3 is 0 Å². The lowest BCUT2D eigenvalue weighted by Crippen LogP contribution is -1.88. The van der Waals surface area contributed by atoms with Crippen LogP contribution in [0.15, 0.2) is 42.6 Å². The van der Waals surface area contributed by atoms with Crippen molar-refractivity contribution in [1.29, 1.82) is 0 Å². The fraction of sp³-hybridized carbons (Fsp3) is 0. The number of hydrogen-bond donors (Lipinski definition) is 0. The monoisotopic (exact) mass is 233 g/mol. The zero-order chi connectivity index (χ0) is 11.4. The van der Waals surface area contributed by atoms with Crippen LogP contribution in [0.3, 0.4) is 0 Å². The van der Waals surface area contributed by atoms with Gasteiger partial charge in [0.05, 0.1) is 6.20 Å². The number of rotatable bonds is 3. The van der Waals surface area contributed by atoms with Crippen LogP contribution >= 0.6 is 11.6 Å². The molecule has 3 nitrogen and oxygen atoms in total. The van der Waals surface area contributed by atoms with E-state index in [4.69, 9.17) is 16.3 Å². The van der Waals surface area contributed by atoms with Crippen molar-refractivity contribution in [1.82, 2.24) is 4.98 Å². The van der Waals surface area contributed by atoms with Gasteiger partial charge in [0.1, 0.15) is 17.2 Å². The van der Waals surface area contributed by atoms with E-state index in [1.54, 1.807) is 36.4 Å². The molecule has 0 aliphatic rings. The number of aromatic nitrogens is 1. The quantitative estimate of drug-likeness (QED) is 0.764. The van der Waals surface area contributed by atoms with E-state index in [-0.39, 0.29) is 0 Å². The summed E-state index contributed by atoms with van der Waals surface area (Å²) in [5.74, 6) is 1.25. The molecule has 2 rings (SSSR count). The maximum atomic E-state index is 10.4. The third kappa shape index (κ3) is 2.58. The van der Waals surface area contributed by atoms with Crippen LogP contribution in [0.25, 0.3) is 0 Å². The van der Waals surface area contributed by atoms with Gasteiger partial charge in [-0.1, -0.05) is 11.6 Å². The minimum atomic E-state index is 0.378. The Morgan fingerprint density at radius 2 is 1.75 bits per heavy atom. The normalized spacial score (nSPS) is 9.81. The van der Waals surface area contributed by atoms with Crippen LogP contribution in [0.2, 0.25) is 5.02 Å². The highest BCUT2D eigenvalue weighted by atomic mass is 35.5. The van der Waals surface area contributed by atoms with Gasteiger partial charge in [-0.25, -0.2) is 4.98 Å². The first-order valence-corrected chi connectivity index (χ1v) is 5.00. The summed E-state index contributed by atoms with van der Waals surface area (Å²) in [5, 5.41) is 0.654. The van der Waals surface area contributed by atoms with Crippen LogP contribution in [-0.4, -0.2) is 11.3 Å². The highest BCUT2D eigenvalue weighted by Gasteiger charge is 1.98. The molecule has 0 aliphatic carbocycles. The fourth-order valence-electron chi connectivity index (χ4n) is 1.16. The van der Waals surface area contributed by atoms with Gasteiger partial charge in [-0.05, 0) is 36.4 Å². The molecule has 0 radical (unpaired) electrons. The van der Waals surface area contributed by atoms with Crippen LogP contribution in [0.1, 0.15) is 10.5 Å². The van der Waals surface area contributed by atoms with E-state index in [0.717, 1.165) is 0 Å². The lowest BCUT2D eigenvalue weighted by atomic mass is 10.3. The van der Waals surface area contributed by atoms with E-state index in [0.29, 0.717) is 28.5 Å². The number of halogens is 1. The minimum absolute atomic E-state index is 0.378. The molecule has 2 aromatic rings. The van der Waals surface area contributed by atoms with Crippen molar-refractivity contribution in [3.05, 3.63) is 53.3 Å². The van der Waals surface area contributed by atoms with Crippen LogP contribution in [0.4, 0.5) is 0 Å². The topological polar surface area (TPSA) is 39.2 Å². The molecule has 0 aliphatic heterocycles. The standard InChI is InChI=1S/C12H8ClNO2/c13-9-1-4-11(5-2-9)16-12-6-3-10(8-15)14-7-12/h1-8H. The second kappa shape index (κ2) is 4.77. The number of aldehydes is 1. The molecular weight excluding hydrogens is 226 g/mol. The average molecular weight is 234 g/mol. The van der Waals surface area contributed by atoms with Crippen molar-refractivity contribution in [3.63, 3.8) is 0 Å². The summed E-state index contributed by atoms with van der Waals surface area (Å²) >= 11 is 5.75. The number of nitrogens with zero attached hydrogens (tertiary/aromatic N) is 1. The minimum Gasteiger partial charge on any atom is -0.456 e. The molecule has 80 valence electrons. The van der Waals surface area contributed by atoms with Crippen molar-refractivity contribution in [3.8, 4) is 11.5 Å². The first kappa shape index (κ1) is 10.6. The van der Waals surface area contributed by atoms with E-state index in [9.17, 15) is 4.79 Å². The molecule has 4 heteroatoms. The predicted octanol–water partition coefficient (Wildman–Crippen LogP) is 3.34. The zero-order valence-electron chi connectivity index (χ0n) is 8.26. The number of carbonyl (C=O) groups excluding carboxylic acids is 1. The maximum Gasteiger partial charge on any atom is 0.168 e. The zero-order valence-corrected chi connectivity index (χ0v) is 9.02. The fourth-order valence-corrected chi connectivity index (χ4v) is 1.29. The molecule has 0 fully saturated rings. The second-order valence-corrected chi connectivity index (χ2v) is 3.53. The van der Waals surface area contributed by atoms with Crippen molar-refractivity contribution in [2.75, 3.05) is 0 Å². The van der Waals surface area contributed by atoms with Crippen molar-refractivity contribution in [2.45, 2.75) is 0 Å². The van der Waals surface area contributed by atoms with Gasteiger partial charge in [0.2, 0.25) is 0 Å². The molecule has 0 N–H and O–H groups in total. The summed E-state index contributed by atoms with van der Waals surface area (Å²) in [7, 11) is 0. The molecule has 1 aromatic carbocycles. The van der Waals surface area contributed by atoms with Crippen LogP contribution in [-0.2, 0) is 0 Å².